The first-order chi connectivity index (χ1) is 5.36. The number of benzene rings is 1. The molecule has 12 heavy (non-hydrogen) atoms. The molecule has 0 saturated carbocycles. The summed E-state index contributed by atoms with van der Waals surface area (Å²) in [6.45, 7) is 2.00. The number of hydrogen-bond donors (Lipinski definition) is 2. The number of nitrogens with two attached hydrogens (primary N) is 1. The van der Waals surface area contributed by atoms with E-state index >= 15 is 0 Å². The van der Waals surface area contributed by atoms with Crippen LogP contribution in [0.25, 0.3) is 6.08 Å². The summed E-state index contributed by atoms with van der Waals surface area (Å²) in [5.74, 6) is 5.21. The molecule has 3 N–H and O–H groups in total. The molecular weight excluding hydrogens is 172 g/mol. The van der Waals surface area contributed by atoms with Crippen LogP contribution in [0.4, 0.5) is 5.69 Å². The molecule has 0 spiro atoms. The highest BCUT2D eigenvalue weighted by molar-refractivity contribution is 5.85. The third kappa shape index (κ3) is 2.95. The predicted octanol–water partition coefficient (Wildman–Crippen LogP) is 2.43. The van der Waals surface area contributed by atoms with E-state index in [1.807, 2.05) is 43.3 Å². The molecule has 0 radical (unpaired) electrons. The highest BCUT2D eigenvalue weighted by Crippen LogP contribution is 2.08. The van der Waals surface area contributed by atoms with Gasteiger partial charge in [0.05, 0.1) is 0 Å². The molecule has 0 fully saturated rings. The van der Waals surface area contributed by atoms with Crippen molar-refractivity contribution in [3.63, 3.8) is 0 Å². The Balaban J connectivity index is 0.00000121. The van der Waals surface area contributed by atoms with Crippen LogP contribution in [0.2, 0.25) is 0 Å². The smallest absolute Gasteiger partial charge is 0.0485 e. The number of hydrazine groups is 1. The van der Waals surface area contributed by atoms with E-state index in [2.05, 4.69) is 5.43 Å². The molecule has 0 aliphatic carbocycles. The lowest BCUT2D eigenvalue weighted by atomic mass is 10.2. The number of halogens is 1. The Morgan fingerprint density at radius 2 is 1.83 bits per heavy atom. The minimum Gasteiger partial charge on any atom is -0.324 e. The second-order valence-electron chi connectivity index (χ2n) is 2.27. The first-order valence-electron chi connectivity index (χ1n) is 3.56. The van der Waals surface area contributed by atoms with Crippen LogP contribution >= 0.6 is 12.4 Å². The molecule has 0 bridgehead atoms. The standard InChI is InChI=1S/C9H12N2.ClH/c1-2-3-8-4-6-9(11-10)7-5-8;/h2-7,11H,10H2,1H3;1H. The fraction of sp³-hybridized carbons (Fsp3) is 0.111. The Morgan fingerprint density at radius 3 is 2.25 bits per heavy atom. The number of anilines is 1. The van der Waals surface area contributed by atoms with Crippen molar-refractivity contribution in [2.45, 2.75) is 6.92 Å². The minimum atomic E-state index is 0. The molecule has 0 aromatic heterocycles. The minimum absolute atomic E-state index is 0. The van der Waals surface area contributed by atoms with Gasteiger partial charge >= 0.3 is 0 Å². The summed E-state index contributed by atoms with van der Waals surface area (Å²) < 4.78 is 0. The van der Waals surface area contributed by atoms with Gasteiger partial charge in [0.25, 0.3) is 0 Å². The molecule has 3 heteroatoms. The van der Waals surface area contributed by atoms with Crippen molar-refractivity contribution >= 4 is 24.2 Å². The Morgan fingerprint density at radius 1 is 1.25 bits per heavy atom. The van der Waals surface area contributed by atoms with Gasteiger partial charge in [0.2, 0.25) is 0 Å². The van der Waals surface area contributed by atoms with E-state index in [1.54, 1.807) is 0 Å². The summed E-state index contributed by atoms with van der Waals surface area (Å²) >= 11 is 0. The zero-order valence-corrected chi connectivity index (χ0v) is 7.77. The number of nitrogens with one attached hydrogen (secondary N) is 1. The van der Waals surface area contributed by atoms with E-state index in [9.17, 15) is 0 Å². The zero-order valence-electron chi connectivity index (χ0n) is 6.95. The lowest BCUT2D eigenvalue weighted by Crippen LogP contribution is -2.05. The van der Waals surface area contributed by atoms with E-state index in [0.29, 0.717) is 0 Å². The Bertz CT molecular complexity index is 241. The average Bonchev–Trinajstić information content (AvgIpc) is 2.07. The number of hydrogen-bond acceptors (Lipinski definition) is 2. The summed E-state index contributed by atoms with van der Waals surface area (Å²) in [7, 11) is 0. The molecule has 0 aliphatic heterocycles. The van der Waals surface area contributed by atoms with Gasteiger partial charge in [0.15, 0.2) is 0 Å². The third-order valence-corrected chi connectivity index (χ3v) is 1.44. The van der Waals surface area contributed by atoms with Crippen LogP contribution in [0.3, 0.4) is 0 Å². The van der Waals surface area contributed by atoms with Gasteiger partial charge < -0.3 is 5.43 Å². The van der Waals surface area contributed by atoms with Crippen LogP contribution in [0.1, 0.15) is 12.5 Å². The molecule has 0 unspecified atom stereocenters. The fourth-order valence-electron chi connectivity index (χ4n) is 0.883. The van der Waals surface area contributed by atoms with Gasteiger partial charge in [-0.2, -0.15) is 0 Å². The maximum Gasteiger partial charge on any atom is 0.0485 e. The van der Waals surface area contributed by atoms with Crippen LogP contribution in [0.15, 0.2) is 30.3 Å². The maximum absolute atomic E-state index is 5.21. The molecule has 0 amide bonds. The van der Waals surface area contributed by atoms with E-state index < -0.39 is 0 Å². The first kappa shape index (κ1) is 11.0. The van der Waals surface area contributed by atoms with Crippen LogP contribution in [-0.4, -0.2) is 0 Å². The molecule has 1 rings (SSSR count). The summed E-state index contributed by atoms with van der Waals surface area (Å²) in [6, 6.07) is 7.90. The number of allylic oxidation sites excluding steroid dienone is 1. The Hall–Kier alpha value is -0.990. The van der Waals surface area contributed by atoms with Gasteiger partial charge in [0, 0.05) is 5.69 Å². The summed E-state index contributed by atoms with van der Waals surface area (Å²) in [4.78, 5) is 0. The van der Waals surface area contributed by atoms with E-state index in [1.165, 1.54) is 5.56 Å². The Labute approximate surface area is 78.8 Å². The summed E-state index contributed by atoms with van der Waals surface area (Å²) in [6.07, 6.45) is 4.05. The maximum atomic E-state index is 5.21. The van der Waals surface area contributed by atoms with Crippen molar-refractivity contribution in [3.8, 4) is 0 Å². The highest BCUT2D eigenvalue weighted by Gasteiger charge is 1.86. The molecule has 0 atom stereocenters. The van der Waals surface area contributed by atoms with Crippen LogP contribution < -0.4 is 11.3 Å². The lowest BCUT2D eigenvalue weighted by Gasteiger charge is -1.98. The third-order valence-electron chi connectivity index (χ3n) is 1.44. The zero-order chi connectivity index (χ0) is 8.10. The van der Waals surface area contributed by atoms with Gasteiger partial charge in [-0.25, -0.2) is 0 Å². The molecular formula is C9H13ClN2. The second-order valence-corrected chi connectivity index (χ2v) is 2.27. The second kappa shape index (κ2) is 5.63. The monoisotopic (exact) mass is 184 g/mol. The SMILES string of the molecule is CC=Cc1ccc(NN)cc1.Cl. The van der Waals surface area contributed by atoms with Gasteiger partial charge in [-0.15, -0.1) is 12.4 Å². The van der Waals surface area contributed by atoms with Gasteiger partial charge in [-0.05, 0) is 24.6 Å². The number of rotatable bonds is 2. The molecule has 0 aliphatic rings. The van der Waals surface area contributed by atoms with E-state index in [0.717, 1.165) is 5.69 Å². The Kier molecular flexibility index (Phi) is 5.17. The predicted molar refractivity (Wildman–Crippen MR) is 56.2 cm³/mol. The quantitative estimate of drug-likeness (QED) is 0.547. The van der Waals surface area contributed by atoms with Crippen LogP contribution in [0, 0.1) is 0 Å². The van der Waals surface area contributed by atoms with Gasteiger partial charge in [-0.1, -0.05) is 24.3 Å². The van der Waals surface area contributed by atoms with Crippen molar-refractivity contribution < 1.29 is 0 Å². The molecule has 0 heterocycles. The molecule has 0 saturated heterocycles. The first-order valence-corrected chi connectivity index (χ1v) is 3.56. The van der Waals surface area contributed by atoms with E-state index in [-0.39, 0.29) is 12.4 Å². The van der Waals surface area contributed by atoms with Gasteiger partial charge in [-0.3, -0.25) is 5.84 Å². The summed E-state index contributed by atoms with van der Waals surface area (Å²) in [5, 5.41) is 0. The lowest BCUT2D eigenvalue weighted by molar-refractivity contribution is 1.35. The van der Waals surface area contributed by atoms with Crippen LogP contribution in [-0.2, 0) is 0 Å². The van der Waals surface area contributed by atoms with Crippen molar-refractivity contribution in [2.75, 3.05) is 5.43 Å². The molecule has 66 valence electrons. The van der Waals surface area contributed by atoms with Crippen LogP contribution in [0.5, 0.6) is 0 Å². The topological polar surface area (TPSA) is 38.0 Å². The molecule has 1 aromatic rings. The summed E-state index contributed by atoms with van der Waals surface area (Å²) in [5.41, 5.74) is 4.69. The largest absolute Gasteiger partial charge is 0.324 e. The molecule has 2 nitrogen and oxygen atoms in total. The highest BCUT2D eigenvalue weighted by atomic mass is 35.5. The van der Waals surface area contributed by atoms with Crippen molar-refractivity contribution in [1.82, 2.24) is 0 Å². The average molecular weight is 185 g/mol. The van der Waals surface area contributed by atoms with E-state index in [4.69, 9.17) is 5.84 Å². The van der Waals surface area contributed by atoms with Gasteiger partial charge in [0.1, 0.15) is 0 Å². The van der Waals surface area contributed by atoms with Crippen molar-refractivity contribution in [1.29, 1.82) is 0 Å². The normalized spacial score (nSPS) is 9.50. The van der Waals surface area contributed by atoms with Crippen molar-refractivity contribution in [3.05, 3.63) is 35.9 Å². The number of nitrogen functional groups attached to an aromatic ring is 1. The molecule has 1 aromatic carbocycles. The van der Waals surface area contributed by atoms with Crippen molar-refractivity contribution in [2.24, 2.45) is 5.84 Å². The fourth-order valence-corrected chi connectivity index (χ4v) is 0.883.